The molecule has 0 saturated heterocycles. The van der Waals surface area contributed by atoms with E-state index < -0.39 is 0 Å². The summed E-state index contributed by atoms with van der Waals surface area (Å²) in [4.78, 5) is 23.4. The fourth-order valence-corrected chi connectivity index (χ4v) is 3.00. The number of thiol groups is 1. The van der Waals surface area contributed by atoms with Gasteiger partial charge in [-0.25, -0.2) is 0 Å². The Labute approximate surface area is 126 Å². The number of benzene rings is 1. The number of carbonyl (C=O) groups excluding carboxylic acids is 2. The van der Waals surface area contributed by atoms with Crippen LogP contribution < -0.4 is 9.47 Å². The molecule has 0 unspecified atom stereocenters. The molecule has 0 aliphatic carbocycles. The molecule has 1 aromatic heterocycles. The molecule has 2 rings (SSSR count). The number of rotatable bonds is 6. The second-order valence-electron chi connectivity index (χ2n) is 4.17. The Morgan fingerprint density at radius 3 is 2.35 bits per heavy atom. The number of methoxy groups -OCH3 is 2. The van der Waals surface area contributed by atoms with E-state index in [1.54, 1.807) is 14.2 Å². The molecular formula is C14H14O4S2. The summed E-state index contributed by atoms with van der Waals surface area (Å²) in [6.07, 6.45) is 0.340. The van der Waals surface area contributed by atoms with Crippen molar-refractivity contribution < 1.29 is 19.1 Å². The molecule has 4 nitrogen and oxygen atoms in total. The summed E-state index contributed by atoms with van der Waals surface area (Å²) in [7, 11) is 3.14. The summed E-state index contributed by atoms with van der Waals surface area (Å²) in [6.45, 7) is 0. The van der Waals surface area contributed by atoms with Crippen LogP contribution in [-0.4, -0.2) is 25.1 Å². The number of hydrogen-bond donors (Lipinski definition) is 1. The lowest BCUT2D eigenvalue weighted by atomic mass is 10.1. The molecule has 0 bridgehead atoms. The monoisotopic (exact) mass is 310 g/mol. The number of ketones is 1. The van der Waals surface area contributed by atoms with Crippen LogP contribution in [0.2, 0.25) is 0 Å². The normalized spacial score (nSPS) is 10.6. The van der Waals surface area contributed by atoms with E-state index in [9.17, 15) is 9.59 Å². The molecule has 106 valence electrons. The third kappa shape index (κ3) is 3.13. The summed E-state index contributed by atoms with van der Waals surface area (Å²) in [5.41, 5.74) is 0. The molecule has 0 aliphatic heterocycles. The van der Waals surface area contributed by atoms with Crippen molar-refractivity contribution in [3.8, 4) is 11.5 Å². The fourth-order valence-electron chi connectivity index (χ4n) is 1.85. The zero-order valence-electron chi connectivity index (χ0n) is 11.1. The molecule has 0 atom stereocenters. The van der Waals surface area contributed by atoms with E-state index in [1.165, 1.54) is 11.3 Å². The van der Waals surface area contributed by atoms with Gasteiger partial charge in [-0.05, 0) is 17.5 Å². The highest BCUT2D eigenvalue weighted by Gasteiger charge is 2.14. The van der Waals surface area contributed by atoms with Crippen LogP contribution >= 0.6 is 24.0 Å². The predicted molar refractivity (Wildman–Crippen MR) is 82.5 cm³/mol. The number of fused-ring (bicyclic) bond motifs is 1. The predicted octanol–water partition coefficient (Wildman–Crippen LogP) is 3.34. The zero-order valence-corrected chi connectivity index (χ0v) is 12.8. The molecule has 1 aromatic carbocycles. The van der Waals surface area contributed by atoms with Crippen molar-refractivity contribution in [2.24, 2.45) is 0 Å². The van der Waals surface area contributed by atoms with Crippen molar-refractivity contribution >= 4 is 45.0 Å². The smallest absolute Gasteiger partial charge is 0.186 e. The Balaban J connectivity index is 2.33. The van der Waals surface area contributed by atoms with Crippen molar-refractivity contribution in [1.29, 1.82) is 0 Å². The lowest BCUT2D eigenvalue weighted by Gasteiger charge is -2.06. The number of thiophene rings is 1. The van der Waals surface area contributed by atoms with Crippen LogP contribution in [0.15, 0.2) is 18.2 Å². The number of Topliss-reactive ketones (excluding diaryl/α,β-unsaturated/α-hetero) is 1. The highest BCUT2D eigenvalue weighted by molar-refractivity contribution is 7.96. The van der Waals surface area contributed by atoms with Gasteiger partial charge in [-0.2, -0.15) is 0 Å². The summed E-state index contributed by atoms with van der Waals surface area (Å²) >= 11 is 5.05. The van der Waals surface area contributed by atoms with Gasteiger partial charge in [0.2, 0.25) is 0 Å². The van der Waals surface area contributed by atoms with Crippen LogP contribution in [0.1, 0.15) is 22.5 Å². The maximum Gasteiger partial charge on any atom is 0.186 e. The first-order valence-electron chi connectivity index (χ1n) is 5.95. The van der Waals surface area contributed by atoms with Gasteiger partial charge in [-0.1, -0.05) is 0 Å². The van der Waals surface area contributed by atoms with E-state index in [0.717, 1.165) is 10.1 Å². The van der Waals surface area contributed by atoms with Gasteiger partial charge in [0.15, 0.2) is 22.4 Å². The SMILES string of the molecule is COc1cc2cc(C(=O)CCC(=O)S)sc2cc1OC. The number of carbonyl (C=O) groups is 2. The van der Waals surface area contributed by atoms with Crippen LogP contribution in [0.25, 0.3) is 10.1 Å². The molecule has 0 saturated carbocycles. The van der Waals surface area contributed by atoms with E-state index in [0.29, 0.717) is 16.4 Å². The Kier molecular flexibility index (Phi) is 4.67. The molecule has 0 radical (unpaired) electrons. The lowest BCUT2D eigenvalue weighted by molar-refractivity contribution is -0.110. The van der Waals surface area contributed by atoms with Gasteiger partial charge in [-0.15, -0.1) is 24.0 Å². The Morgan fingerprint density at radius 1 is 1.10 bits per heavy atom. The van der Waals surface area contributed by atoms with Crippen molar-refractivity contribution in [3.05, 3.63) is 23.1 Å². The molecule has 2 aromatic rings. The van der Waals surface area contributed by atoms with E-state index in [1.807, 2.05) is 18.2 Å². The van der Waals surface area contributed by atoms with Crippen molar-refractivity contribution in [2.45, 2.75) is 12.8 Å². The average molecular weight is 310 g/mol. The highest BCUT2D eigenvalue weighted by Crippen LogP contribution is 2.36. The summed E-state index contributed by atoms with van der Waals surface area (Å²) in [6, 6.07) is 5.50. The molecular weight excluding hydrogens is 296 g/mol. The van der Waals surface area contributed by atoms with Crippen LogP contribution in [0, 0.1) is 0 Å². The molecule has 6 heteroatoms. The molecule has 1 heterocycles. The van der Waals surface area contributed by atoms with Gasteiger partial charge in [0.1, 0.15) is 0 Å². The van der Waals surface area contributed by atoms with Gasteiger partial charge < -0.3 is 9.47 Å². The molecule has 0 spiro atoms. The third-order valence-corrected chi connectivity index (χ3v) is 4.23. The molecule has 0 N–H and O–H groups in total. The minimum Gasteiger partial charge on any atom is -0.493 e. The van der Waals surface area contributed by atoms with Crippen LogP contribution in [0.5, 0.6) is 11.5 Å². The van der Waals surface area contributed by atoms with Crippen molar-refractivity contribution in [1.82, 2.24) is 0 Å². The van der Waals surface area contributed by atoms with E-state index in [-0.39, 0.29) is 23.7 Å². The number of ether oxygens (including phenoxy) is 2. The first-order valence-corrected chi connectivity index (χ1v) is 7.22. The van der Waals surface area contributed by atoms with Gasteiger partial charge in [0, 0.05) is 23.6 Å². The Morgan fingerprint density at radius 2 is 1.75 bits per heavy atom. The minimum atomic E-state index is -0.275. The maximum atomic E-state index is 12.0. The van der Waals surface area contributed by atoms with E-state index in [2.05, 4.69) is 12.6 Å². The second kappa shape index (κ2) is 6.28. The van der Waals surface area contributed by atoms with Gasteiger partial charge in [0.05, 0.1) is 19.1 Å². The molecule has 0 fully saturated rings. The summed E-state index contributed by atoms with van der Waals surface area (Å²) in [5.74, 6) is 1.21. The highest BCUT2D eigenvalue weighted by atomic mass is 32.1. The average Bonchev–Trinajstić information content (AvgIpc) is 2.85. The molecule has 0 amide bonds. The molecule has 20 heavy (non-hydrogen) atoms. The first kappa shape index (κ1) is 14.9. The Hall–Kier alpha value is -1.53. The maximum absolute atomic E-state index is 12.0. The van der Waals surface area contributed by atoms with E-state index >= 15 is 0 Å². The lowest BCUT2D eigenvalue weighted by Crippen LogP contribution is -1.98. The summed E-state index contributed by atoms with van der Waals surface area (Å²) in [5, 5.41) is 0.649. The first-order chi connectivity index (χ1) is 9.55. The standard InChI is InChI=1S/C14H14O4S2/c1-17-10-5-8-6-13(9(15)3-4-14(16)19)20-12(8)7-11(10)18-2/h5-7H,3-4H2,1-2H3,(H,16,19). The van der Waals surface area contributed by atoms with Crippen molar-refractivity contribution in [2.75, 3.05) is 14.2 Å². The zero-order chi connectivity index (χ0) is 14.7. The second-order valence-corrected chi connectivity index (χ2v) is 5.76. The van der Waals surface area contributed by atoms with Crippen molar-refractivity contribution in [3.63, 3.8) is 0 Å². The third-order valence-electron chi connectivity index (χ3n) is 2.86. The quantitative estimate of drug-likeness (QED) is 0.657. The topological polar surface area (TPSA) is 52.6 Å². The largest absolute Gasteiger partial charge is 0.493 e. The fraction of sp³-hybridized carbons (Fsp3) is 0.286. The van der Waals surface area contributed by atoms with Crippen LogP contribution in [-0.2, 0) is 4.79 Å². The van der Waals surface area contributed by atoms with Gasteiger partial charge in [-0.3, -0.25) is 9.59 Å². The Bertz CT molecular complexity index is 619. The summed E-state index contributed by atoms with van der Waals surface area (Å²) < 4.78 is 11.4. The van der Waals surface area contributed by atoms with Gasteiger partial charge in [0.25, 0.3) is 0 Å². The molecule has 0 aliphatic rings. The van der Waals surface area contributed by atoms with E-state index in [4.69, 9.17) is 9.47 Å². The minimum absolute atomic E-state index is 0.0495. The number of hydrogen-bond acceptors (Lipinski definition) is 5. The van der Waals surface area contributed by atoms with Gasteiger partial charge >= 0.3 is 0 Å². The van der Waals surface area contributed by atoms with Crippen LogP contribution in [0.3, 0.4) is 0 Å². The van der Waals surface area contributed by atoms with Crippen LogP contribution in [0.4, 0.5) is 0 Å².